The third kappa shape index (κ3) is 6.59. The summed E-state index contributed by atoms with van der Waals surface area (Å²) < 4.78 is 4.85. The van der Waals surface area contributed by atoms with E-state index in [4.69, 9.17) is 27.2 Å². The molecule has 0 spiro atoms. The van der Waals surface area contributed by atoms with Crippen molar-refractivity contribution >= 4 is 35.2 Å². The van der Waals surface area contributed by atoms with Crippen LogP contribution < -0.4 is 16.4 Å². The van der Waals surface area contributed by atoms with Gasteiger partial charge in [-0.2, -0.15) is 0 Å². The third-order valence-electron chi connectivity index (χ3n) is 2.18. The lowest BCUT2D eigenvalue weighted by molar-refractivity contribution is -0.122. The first kappa shape index (κ1) is 16.7. The van der Waals surface area contributed by atoms with Crippen molar-refractivity contribution in [1.29, 1.82) is 0 Å². The lowest BCUT2D eigenvalue weighted by Crippen LogP contribution is -2.32. The average Bonchev–Trinajstić information content (AvgIpc) is 2.37. The number of hydrogen-bond donors (Lipinski definition) is 4. The van der Waals surface area contributed by atoms with E-state index in [9.17, 15) is 14.4 Å². The summed E-state index contributed by atoms with van der Waals surface area (Å²) >= 11 is 5.75. The highest BCUT2D eigenvalue weighted by molar-refractivity contribution is 6.31. The van der Waals surface area contributed by atoms with Crippen molar-refractivity contribution in [3.63, 3.8) is 0 Å². The molecule has 0 heterocycles. The number of hydrogen-bond acceptors (Lipinski definition) is 4. The Labute approximate surface area is 125 Å². The molecule has 0 radical (unpaired) electrons. The van der Waals surface area contributed by atoms with Gasteiger partial charge in [0.1, 0.15) is 6.61 Å². The predicted molar refractivity (Wildman–Crippen MR) is 75.4 cm³/mol. The molecule has 0 aromatic heterocycles. The molecule has 3 amide bonds. The number of carboxylic acid groups (broad SMARTS) is 1. The van der Waals surface area contributed by atoms with E-state index in [1.54, 1.807) is 0 Å². The summed E-state index contributed by atoms with van der Waals surface area (Å²) in [5, 5.41) is 13.9. The molecule has 0 saturated heterocycles. The molecule has 0 aliphatic carbocycles. The second kappa shape index (κ2) is 8.08. The summed E-state index contributed by atoms with van der Waals surface area (Å²) in [6.45, 7) is 0.0529. The molecule has 0 unspecified atom stereocenters. The van der Waals surface area contributed by atoms with Crippen LogP contribution in [0.1, 0.15) is 10.4 Å². The van der Waals surface area contributed by atoms with Gasteiger partial charge in [0.25, 0.3) is 0 Å². The largest absolute Gasteiger partial charge is 0.478 e. The maximum absolute atomic E-state index is 11.5. The first-order chi connectivity index (χ1) is 9.88. The Morgan fingerprint density at radius 1 is 1.29 bits per heavy atom. The zero-order valence-electron chi connectivity index (χ0n) is 10.9. The summed E-state index contributed by atoms with van der Waals surface area (Å²) in [5.41, 5.74) is 5.07. The van der Waals surface area contributed by atoms with E-state index in [2.05, 4.69) is 10.6 Å². The van der Waals surface area contributed by atoms with Gasteiger partial charge in [0, 0.05) is 17.3 Å². The Hall–Kier alpha value is -2.32. The van der Waals surface area contributed by atoms with E-state index in [0.29, 0.717) is 0 Å². The predicted octanol–water partition coefficient (Wildman–Crippen LogP) is 0.662. The second-order valence-corrected chi connectivity index (χ2v) is 4.37. The number of urea groups is 1. The molecule has 0 aliphatic heterocycles. The van der Waals surface area contributed by atoms with Gasteiger partial charge in [0.15, 0.2) is 0 Å². The Balaban J connectivity index is 2.44. The number of carboxylic acids is 1. The zero-order chi connectivity index (χ0) is 15.8. The highest BCUT2D eigenvalue weighted by Gasteiger charge is 2.08. The maximum Gasteiger partial charge on any atom is 0.335 e. The zero-order valence-corrected chi connectivity index (χ0v) is 11.6. The van der Waals surface area contributed by atoms with Crippen molar-refractivity contribution in [2.24, 2.45) is 5.73 Å². The monoisotopic (exact) mass is 315 g/mol. The first-order valence-corrected chi connectivity index (χ1v) is 6.21. The molecule has 0 atom stereocenters. The number of halogens is 1. The highest BCUT2D eigenvalue weighted by atomic mass is 35.5. The van der Waals surface area contributed by atoms with Gasteiger partial charge in [0.2, 0.25) is 5.91 Å². The minimum atomic E-state index is -1.15. The van der Waals surface area contributed by atoms with Gasteiger partial charge in [-0.3, -0.25) is 4.79 Å². The normalized spacial score (nSPS) is 9.95. The number of benzene rings is 1. The van der Waals surface area contributed by atoms with Crippen LogP contribution in [0.2, 0.25) is 5.02 Å². The molecule has 21 heavy (non-hydrogen) atoms. The van der Waals surface area contributed by atoms with Gasteiger partial charge < -0.3 is 26.2 Å². The van der Waals surface area contributed by atoms with E-state index in [0.717, 1.165) is 0 Å². The molecule has 1 aromatic carbocycles. The smallest absolute Gasteiger partial charge is 0.335 e. The summed E-state index contributed by atoms with van der Waals surface area (Å²) in [6.07, 6.45) is 0. The minimum absolute atomic E-state index is 0.0393. The van der Waals surface area contributed by atoms with Crippen molar-refractivity contribution in [3.05, 3.63) is 28.8 Å². The second-order valence-electron chi connectivity index (χ2n) is 3.93. The van der Waals surface area contributed by atoms with Crippen LogP contribution in [0.3, 0.4) is 0 Å². The molecule has 5 N–H and O–H groups in total. The van der Waals surface area contributed by atoms with Crippen LogP contribution in [0.15, 0.2) is 18.2 Å². The van der Waals surface area contributed by atoms with Crippen LogP contribution in [-0.4, -0.2) is 42.8 Å². The fourth-order valence-corrected chi connectivity index (χ4v) is 1.61. The summed E-state index contributed by atoms with van der Waals surface area (Å²) in [7, 11) is 0. The van der Waals surface area contributed by atoms with Crippen LogP contribution >= 0.6 is 11.6 Å². The Morgan fingerprint density at radius 3 is 2.62 bits per heavy atom. The van der Waals surface area contributed by atoms with Crippen LogP contribution in [0.5, 0.6) is 0 Å². The van der Waals surface area contributed by atoms with Gasteiger partial charge in [-0.15, -0.1) is 0 Å². The summed E-state index contributed by atoms with van der Waals surface area (Å²) in [5.74, 6) is -1.75. The highest BCUT2D eigenvalue weighted by Crippen LogP contribution is 2.19. The van der Waals surface area contributed by atoms with E-state index >= 15 is 0 Å². The number of carbonyl (C=O) groups excluding carboxylic acids is 2. The molecule has 1 rings (SSSR count). The lowest BCUT2D eigenvalue weighted by Gasteiger charge is -2.09. The molecular weight excluding hydrogens is 302 g/mol. The number of rotatable bonds is 7. The fraction of sp³-hybridized carbons (Fsp3) is 0.250. The maximum atomic E-state index is 11.5. The van der Waals surface area contributed by atoms with Crippen LogP contribution in [0.25, 0.3) is 0 Å². The van der Waals surface area contributed by atoms with E-state index in [1.165, 1.54) is 18.2 Å². The number of aromatic carboxylic acids is 1. The lowest BCUT2D eigenvalue weighted by atomic mass is 10.2. The van der Waals surface area contributed by atoms with E-state index < -0.39 is 17.9 Å². The van der Waals surface area contributed by atoms with Crippen LogP contribution in [-0.2, 0) is 9.53 Å². The standard InChI is InChI=1S/C12H14ClN3O5/c13-8-3-7(11(18)19)4-9(5-8)16-12(20)15-1-2-21-6-10(14)17/h3-5H,1-2,6H2,(H2,14,17)(H,18,19)(H2,15,16,20). The van der Waals surface area contributed by atoms with E-state index in [-0.39, 0.29) is 36.0 Å². The Morgan fingerprint density at radius 2 is 2.00 bits per heavy atom. The van der Waals surface area contributed by atoms with Gasteiger partial charge in [-0.1, -0.05) is 11.6 Å². The first-order valence-electron chi connectivity index (χ1n) is 5.83. The number of carbonyl (C=O) groups is 3. The van der Waals surface area contributed by atoms with Crippen LogP contribution in [0, 0.1) is 0 Å². The average molecular weight is 316 g/mol. The number of amides is 3. The molecule has 0 bridgehead atoms. The number of ether oxygens (including phenoxy) is 1. The molecule has 114 valence electrons. The molecule has 9 heteroatoms. The Kier molecular flexibility index (Phi) is 6.44. The molecule has 0 fully saturated rings. The number of primary amides is 1. The van der Waals surface area contributed by atoms with Crippen molar-refractivity contribution in [2.75, 3.05) is 25.1 Å². The van der Waals surface area contributed by atoms with Crippen molar-refractivity contribution < 1.29 is 24.2 Å². The molecular formula is C12H14ClN3O5. The molecule has 0 aliphatic rings. The van der Waals surface area contributed by atoms with Crippen LogP contribution in [0.4, 0.5) is 10.5 Å². The summed E-state index contributed by atoms with van der Waals surface area (Å²) in [4.78, 5) is 32.8. The van der Waals surface area contributed by atoms with E-state index in [1.807, 2.05) is 0 Å². The number of anilines is 1. The third-order valence-corrected chi connectivity index (χ3v) is 2.40. The topological polar surface area (TPSA) is 131 Å². The molecule has 8 nitrogen and oxygen atoms in total. The van der Waals surface area contributed by atoms with Gasteiger partial charge in [0.05, 0.1) is 12.2 Å². The van der Waals surface area contributed by atoms with Gasteiger partial charge in [-0.25, -0.2) is 9.59 Å². The van der Waals surface area contributed by atoms with Crippen molar-refractivity contribution in [1.82, 2.24) is 5.32 Å². The minimum Gasteiger partial charge on any atom is -0.478 e. The number of nitrogens with two attached hydrogens (primary N) is 1. The van der Waals surface area contributed by atoms with Gasteiger partial charge in [-0.05, 0) is 18.2 Å². The quantitative estimate of drug-likeness (QED) is 0.549. The Bertz CT molecular complexity index is 550. The molecule has 0 saturated carbocycles. The SMILES string of the molecule is NC(=O)COCCNC(=O)Nc1cc(Cl)cc(C(=O)O)c1. The fourth-order valence-electron chi connectivity index (χ4n) is 1.37. The number of nitrogens with one attached hydrogen (secondary N) is 2. The van der Waals surface area contributed by atoms with Gasteiger partial charge >= 0.3 is 12.0 Å². The van der Waals surface area contributed by atoms with Crippen molar-refractivity contribution in [2.45, 2.75) is 0 Å². The summed E-state index contributed by atoms with van der Waals surface area (Å²) in [6, 6.07) is 3.40. The van der Waals surface area contributed by atoms with Crippen molar-refractivity contribution in [3.8, 4) is 0 Å². The molecule has 1 aromatic rings.